The normalized spacial score (nSPS) is 15.1. The molecule has 0 radical (unpaired) electrons. The molecule has 1 saturated heterocycles. The number of amides is 1. The molecule has 1 aliphatic heterocycles. The van der Waals surface area contributed by atoms with Crippen LogP contribution in [0.5, 0.6) is 0 Å². The van der Waals surface area contributed by atoms with Crippen LogP contribution in [0.1, 0.15) is 22.8 Å². The predicted molar refractivity (Wildman–Crippen MR) is 108 cm³/mol. The summed E-state index contributed by atoms with van der Waals surface area (Å²) >= 11 is 1.81. The van der Waals surface area contributed by atoms with E-state index >= 15 is 0 Å². The minimum atomic E-state index is 0.172. The van der Waals surface area contributed by atoms with Crippen LogP contribution >= 0.6 is 11.3 Å². The minimum Gasteiger partial charge on any atom is -0.421 e. The van der Waals surface area contributed by atoms with Crippen molar-refractivity contribution < 1.29 is 14.1 Å². The number of carbonyl (C=O) groups excluding carboxylic acids is 1. The number of aromatic nitrogens is 2. The monoisotopic (exact) mass is 397 g/mol. The number of benzene rings is 1. The SMILES string of the molecule is Cc1ccc(-c2nnc(CCC(=O)N3CC[NH+](Cc4cccs4)CC3)o2)cc1. The van der Waals surface area contributed by atoms with Gasteiger partial charge >= 0.3 is 0 Å². The zero-order valence-electron chi connectivity index (χ0n) is 16.1. The Morgan fingerprint density at radius 1 is 1.18 bits per heavy atom. The maximum Gasteiger partial charge on any atom is 0.247 e. The van der Waals surface area contributed by atoms with E-state index in [-0.39, 0.29) is 5.91 Å². The molecule has 0 saturated carbocycles. The summed E-state index contributed by atoms with van der Waals surface area (Å²) in [5.74, 6) is 1.20. The first kappa shape index (κ1) is 18.8. The molecule has 146 valence electrons. The summed E-state index contributed by atoms with van der Waals surface area (Å²) in [5.41, 5.74) is 2.09. The van der Waals surface area contributed by atoms with Crippen molar-refractivity contribution in [2.45, 2.75) is 26.3 Å². The molecular formula is C21H25N4O2S+. The molecule has 3 heterocycles. The number of piperazine rings is 1. The van der Waals surface area contributed by atoms with Crippen LogP contribution in [-0.2, 0) is 17.8 Å². The highest BCUT2D eigenvalue weighted by Crippen LogP contribution is 2.18. The fourth-order valence-electron chi connectivity index (χ4n) is 3.45. The van der Waals surface area contributed by atoms with Crippen molar-refractivity contribution in [1.82, 2.24) is 15.1 Å². The summed E-state index contributed by atoms with van der Waals surface area (Å²) in [5, 5.41) is 10.3. The lowest BCUT2D eigenvalue weighted by molar-refractivity contribution is -0.917. The maximum atomic E-state index is 12.5. The number of hydrogen-bond acceptors (Lipinski definition) is 5. The third-order valence-corrected chi connectivity index (χ3v) is 6.02. The number of carbonyl (C=O) groups is 1. The van der Waals surface area contributed by atoms with E-state index in [2.05, 4.69) is 27.7 Å². The zero-order valence-corrected chi connectivity index (χ0v) is 16.9. The highest BCUT2D eigenvalue weighted by Gasteiger charge is 2.24. The van der Waals surface area contributed by atoms with E-state index in [1.165, 1.54) is 10.4 Å². The summed E-state index contributed by atoms with van der Waals surface area (Å²) in [4.78, 5) is 17.5. The van der Waals surface area contributed by atoms with E-state index < -0.39 is 0 Å². The number of hydrogen-bond donors (Lipinski definition) is 1. The first-order valence-electron chi connectivity index (χ1n) is 9.70. The molecule has 4 rings (SSSR count). The maximum absolute atomic E-state index is 12.5. The van der Waals surface area contributed by atoms with E-state index in [1.807, 2.05) is 36.1 Å². The first-order valence-corrected chi connectivity index (χ1v) is 10.6. The summed E-state index contributed by atoms with van der Waals surface area (Å²) in [6, 6.07) is 12.3. The molecule has 6 nitrogen and oxygen atoms in total. The Bertz CT molecular complexity index is 897. The molecule has 0 bridgehead atoms. The van der Waals surface area contributed by atoms with Crippen molar-refractivity contribution in [3.05, 3.63) is 58.1 Å². The summed E-state index contributed by atoms with van der Waals surface area (Å²) in [7, 11) is 0. The van der Waals surface area contributed by atoms with Crippen molar-refractivity contribution >= 4 is 17.2 Å². The molecule has 0 aliphatic carbocycles. The van der Waals surface area contributed by atoms with Gasteiger partial charge in [-0.2, -0.15) is 0 Å². The van der Waals surface area contributed by atoms with Gasteiger partial charge in [0.1, 0.15) is 6.54 Å². The highest BCUT2D eigenvalue weighted by atomic mass is 32.1. The van der Waals surface area contributed by atoms with Gasteiger partial charge in [0.05, 0.1) is 31.1 Å². The van der Waals surface area contributed by atoms with Crippen molar-refractivity contribution in [3.8, 4) is 11.5 Å². The van der Waals surface area contributed by atoms with Gasteiger partial charge in [-0.25, -0.2) is 0 Å². The van der Waals surface area contributed by atoms with E-state index in [0.717, 1.165) is 38.3 Å². The molecule has 1 aliphatic rings. The Kier molecular flexibility index (Phi) is 5.83. The molecule has 28 heavy (non-hydrogen) atoms. The molecule has 3 aromatic rings. The predicted octanol–water partition coefficient (Wildman–Crippen LogP) is 1.97. The number of nitrogens with zero attached hydrogens (tertiary/aromatic N) is 3. The Morgan fingerprint density at radius 2 is 1.96 bits per heavy atom. The van der Waals surface area contributed by atoms with Crippen LogP contribution in [-0.4, -0.2) is 47.2 Å². The van der Waals surface area contributed by atoms with Crippen molar-refractivity contribution in [2.75, 3.05) is 26.2 Å². The largest absolute Gasteiger partial charge is 0.421 e. The fraction of sp³-hybridized carbons (Fsp3) is 0.381. The van der Waals surface area contributed by atoms with Gasteiger partial charge < -0.3 is 14.2 Å². The van der Waals surface area contributed by atoms with Crippen molar-refractivity contribution in [2.24, 2.45) is 0 Å². The van der Waals surface area contributed by atoms with Gasteiger partial charge in [-0.05, 0) is 30.5 Å². The average Bonchev–Trinajstić information content (AvgIpc) is 3.39. The Morgan fingerprint density at radius 3 is 2.68 bits per heavy atom. The second kappa shape index (κ2) is 8.67. The van der Waals surface area contributed by atoms with Crippen LogP contribution in [0.25, 0.3) is 11.5 Å². The molecule has 0 atom stereocenters. The van der Waals surface area contributed by atoms with Gasteiger partial charge in [0.25, 0.3) is 0 Å². The lowest BCUT2D eigenvalue weighted by Crippen LogP contribution is -3.13. The fourth-order valence-corrected chi connectivity index (χ4v) is 4.22. The second-order valence-corrected chi connectivity index (χ2v) is 8.29. The van der Waals surface area contributed by atoms with Gasteiger partial charge in [-0.15, -0.1) is 21.5 Å². The van der Waals surface area contributed by atoms with Crippen molar-refractivity contribution in [1.29, 1.82) is 0 Å². The van der Waals surface area contributed by atoms with Crippen LogP contribution in [0.15, 0.2) is 46.2 Å². The lowest BCUT2D eigenvalue weighted by atomic mass is 10.1. The second-order valence-electron chi connectivity index (χ2n) is 7.25. The van der Waals surface area contributed by atoms with Gasteiger partial charge in [-0.3, -0.25) is 4.79 Å². The molecular weight excluding hydrogens is 372 g/mol. The summed E-state index contributed by atoms with van der Waals surface area (Å²) < 4.78 is 5.73. The van der Waals surface area contributed by atoms with E-state index in [1.54, 1.807) is 16.2 Å². The number of quaternary nitrogens is 1. The van der Waals surface area contributed by atoms with E-state index in [4.69, 9.17) is 4.42 Å². The third kappa shape index (κ3) is 4.66. The molecule has 1 N–H and O–H groups in total. The molecule has 1 amide bonds. The number of thiophene rings is 1. The number of rotatable bonds is 6. The average molecular weight is 398 g/mol. The minimum absolute atomic E-state index is 0.172. The highest BCUT2D eigenvalue weighted by molar-refractivity contribution is 7.09. The van der Waals surface area contributed by atoms with E-state index in [0.29, 0.717) is 24.6 Å². The van der Waals surface area contributed by atoms with Gasteiger partial charge in [0.2, 0.25) is 17.7 Å². The van der Waals surface area contributed by atoms with Gasteiger partial charge in [0.15, 0.2) is 0 Å². The summed E-state index contributed by atoms with van der Waals surface area (Å²) in [6.45, 7) is 6.74. The van der Waals surface area contributed by atoms with Crippen LogP contribution in [0, 0.1) is 6.92 Å². The molecule has 1 aromatic carbocycles. The number of aryl methyl sites for hydroxylation is 2. The Balaban J connectivity index is 1.24. The quantitative estimate of drug-likeness (QED) is 0.691. The molecule has 0 unspecified atom stereocenters. The lowest BCUT2D eigenvalue weighted by Gasteiger charge is -2.32. The first-order chi connectivity index (χ1) is 13.7. The zero-order chi connectivity index (χ0) is 19.3. The van der Waals surface area contributed by atoms with Crippen molar-refractivity contribution in [3.63, 3.8) is 0 Å². The van der Waals surface area contributed by atoms with Crippen LogP contribution in [0.3, 0.4) is 0 Å². The smallest absolute Gasteiger partial charge is 0.247 e. The molecule has 7 heteroatoms. The topological polar surface area (TPSA) is 63.7 Å². The van der Waals surface area contributed by atoms with Crippen LogP contribution < -0.4 is 4.90 Å². The number of nitrogens with one attached hydrogen (secondary N) is 1. The third-order valence-electron chi connectivity index (χ3n) is 5.15. The van der Waals surface area contributed by atoms with Gasteiger partial charge in [0, 0.05) is 18.4 Å². The standard InChI is InChI=1S/C21H24N4O2S/c1-16-4-6-17(7-5-16)21-23-22-19(27-21)8-9-20(26)25-12-10-24(11-13-25)15-18-3-2-14-28-18/h2-7,14H,8-13,15H2,1H3/p+1. The molecule has 0 spiro atoms. The van der Waals surface area contributed by atoms with E-state index in [9.17, 15) is 4.79 Å². The van der Waals surface area contributed by atoms with Crippen LogP contribution in [0.2, 0.25) is 0 Å². The summed E-state index contributed by atoms with van der Waals surface area (Å²) in [6.07, 6.45) is 0.899. The Labute approximate surface area is 168 Å². The molecule has 2 aromatic heterocycles. The Hall–Kier alpha value is -2.51. The van der Waals surface area contributed by atoms with Gasteiger partial charge in [-0.1, -0.05) is 23.8 Å². The van der Waals surface area contributed by atoms with Crippen LogP contribution in [0.4, 0.5) is 0 Å². The molecule has 1 fully saturated rings.